The summed E-state index contributed by atoms with van der Waals surface area (Å²) in [5, 5.41) is 0.181. The van der Waals surface area contributed by atoms with Crippen molar-refractivity contribution in [2.45, 2.75) is 33.2 Å². The van der Waals surface area contributed by atoms with E-state index in [-0.39, 0.29) is 28.6 Å². The van der Waals surface area contributed by atoms with Crippen LogP contribution < -0.4 is 21.9 Å². The number of nitrogen functional groups attached to an aromatic ring is 1. The van der Waals surface area contributed by atoms with Crippen molar-refractivity contribution in [1.82, 2.24) is 9.55 Å². The number of benzene rings is 1. The Labute approximate surface area is 154 Å². The maximum Gasteiger partial charge on any atom is 0.330 e. The van der Waals surface area contributed by atoms with Crippen LogP contribution in [0.4, 0.5) is 15.9 Å². The smallest absolute Gasteiger partial charge is 0.330 e. The molecule has 140 valence electrons. The Morgan fingerprint density at radius 2 is 2.04 bits per heavy atom. The number of anilines is 2. The maximum atomic E-state index is 14.1. The first kappa shape index (κ1) is 19.7. The van der Waals surface area contributed by atoms with E-state index in [1.54, 1.807) is 6.92 Å². The van der Waals surface area contributed by atoms with Crippen molar-refractivity contribution in [2.24, 2.45) is 0 Å². The van der Waals surface area contributed by atoms with Crippen LogP contribution in [-0.2, 0) is 6.54 Å². The van der Waals surface area contributed by atoms with Crippen LogP contribution in [0.25, 0.3) is 0 Å². The number of nitrogens with one attached hydrogen (secondary N) is 1. The van der Waals surface area contributed by atoms with Gasteiger partial charge in [0.2, 0.25) is 0 Å². The van der Waals surface area contributed by atoms with Crippen LogP contribution in [0, 0.1) is 5.82 Å². The molecule has 1 amide bonds. The Morgan fingerprint density at radius 3 is 2.65 bits per heavy atom. The Bertz CT molecular complexity index is 939. The molecule has 0 atom stereocenters. The van der Waals surface area contributed by atoms with Crippen LogP contribution in [-0.4, -0.2) is 22.0 Å². The number of nitrogens with two attached hydrogens (primary N) is 1. The van der Waals surface area contributed by atoms with Gasteiger partial charge < -0.3 is 10.6 Å². The first-order valence-corrected chi connectivity index (χ1v) is 8.59. The molecule has 2 aromatic rings. The largest absolute Gasteiger partial charge is 0.383 e. The number of carbonyl (C=O) groups is 1. The molecule has 0 aliphatic rings. The zero-order valence-electron chi connectivity index (χ0n) is 14.5. The lowest BCUT2D eigenvalue weighted by Gasteiger charge is -2.23. The molecule has 0 aliphatic carbocycles. The predicted octanol–water partition coefficient (Wildman–Crippen LogP) is 2.38. The number of H-pyrrole nitrogens is 1. The summed E-state index contributed by atoms with van der Waals surface area (Å²) < 4.78 is 15.3. The molecule has 1 aromatic carbocycles. The van der Waals surface area contributed by atoms with Gasteiger partial charge in [-0.2, -0.15) is 0 Å². The molecule has 1 aromatic heterocycles. The quantitative estimate of drug-likeness (QED) is 0.800. The first-order valence-electron chi connectivity index (χ1n) is 8.21. The van der Waals surface area contributed by atoms with Crippen LogP contribution in [0.2, 0.25) is 5.02 Å². The van der Waals surface area contributed by atoms with E-state index in [0.29, 0.717) is 13.0 Å². The zero-order valence-corrected chi connectivity index (χ0v) is 15.3. The fourth-order valence-corrected chi connectivity index (χ4v) is 2.76. The number of aromatic amines is 1. The molecule has 26 heavy (non-hydrogen) atoms. The number of aromatic nitrogens is 2. The van der Waals surface area contributed by atoms with Gasteiger partial charge in [-0.05, 0) is 31.5 Å². The summed E-state index contributed by atoms with van der Waals surface area (Å²) in [6, 6.07) is 3.56. The molecular weight excluding hydrogens is 363 g/mol. The summed E-state index contributed by atoms with van der Waals surface area (Å²) >= 11 is 5.85. The minimum absolute atomic E-state index is 0.0457. The molecular formula is C17H20ClFN4O3. The number of rotatable bonds is 6. The Hall–Kier alpha value is -2.61. The highest BCUT2D eigenvalue weighted by Gasteiger charge is 2.26. The van der Waals surface area contributed by atoms with Gasteiger partial charge in [-0.1, -0.05) is 24.9 Å². The number of hydrogen-bond acceptors (Lipinski definition) is 4. The lowest BCUT2D eigenvalue weighted by atomic mass is 10.1. The molecule has 2 rings (SSSR count). The molecule has 0 radical (unpaired) electrons. The normalized spacial score (nSPS) is 10.8. The number of carbonyl (C=O) groups excluding carboxylic acids is 1. The number of halogens is 2. The van der Waals surface area contributed by atoms with Crippen molar-refractivity contribution < 1.29 is 9.18 Å². The second-order valence-corrected chi connectivity index (χ2v) is 6.11. The Kier molecular flexibility index (Phi) is 6.20. The van der Waals surface area contributed by atoms with Gasteiger partial charge in [0.15, 0.2) is 5.69 Å². The lowest BCUT2D eigenvalue weighted by molar-refractivity contribution is 0.0984. The van der Waals surface area contributed by atoms with Crippen LogP contribution in [0.3, 0.4) is 0 Å². The van der Waals surface area contributed by atoms with E-state index < -0.39 is 23.0 Å². The number of unbranched alkanes of at least 4 members (excludes halogenated alkanes) is 1. The summed E-state index contributed by atoms with van der Waals surface area (Å²) in [7, 11) is 0. The van der Waals surface area contributed by atoms with Gasteiger partial charge in [-0.25, -0.2) is 9.18 Å². The van der Waals surface area contributed by atoms with E-state index in [1.807, 2.05) is 6.92 Å². The number of nitrogens with zero attached hydrogens (tertiary/aromatic N) is 2. The predicted molar refractivity (Wildman–Crippen MR) is 99.4 cm³/mol. The van der Waals surface area contributed by atoms with Crippen LogP contribution >= 0.6 is 11.6 Å². The Balaban J connectivity index is 2.60. The van der Waals surface area contributed by atoms with E-state index in [0.717, 1.165) is 17.4 Å². The van der Waals surface area contributed by atoms with Crippen molar-refractivity contribution in [3.63, 3.8) is 0 Å². The molecule has 0 saturated heterocycles. The van der Waals surface area contributed by atoms with Crippen molar-refractivity contribution in [3.8, 4) is 0 Å². The molecule has 0 unspecified atom stereocenters. The average molecular weight is 383 g/mol. The number of amides is 1. The van der Waals surface area contributed by atoms with Crippen molar-refractivity contribution in [2.75, 3.05) is 17.2 Å². The highest BCUT2D eigenvalue weighted by atomic mass is 35.5. The molecule has 0 bridgehead atoms. The second-order valence-electron chi connectivity index (χ2n) is 5.67. The molecule has 0 fully saturated rings. The molecule has 1 heterocycles. The summed E-state index contributed by atoms with van der Waals surface area (Å²) in [5.41, 5.74) is 4.08. The lowest BCUT2D eigenvalue weighted by Crippen LogP contribution is -2.41. The second kappa shape index (κ2) is 8.18. The van der Waals surface area contributed by atoms with Crippen LogP contribution in [0.1, 0.15) is 37.0 Å². The molecule has 3 N–H and O–H groups in total. The minimum Gasteiger partial charge on any atom is -0.383 e. The van der Waals surface area contributed by atoms with E-state index in [2.05, 4.69) is 4.98 Å². The highest BCUT2D eigenvalue weighted by Crippen LogP contribution is 2.22. The topological polar surface area (TPSA) is 101 Å². The van der Waals surface area contributed by atoms with E-state index in [4.69, 9.17) is 17.3 Å². The van der Waals surface area contributed by atoms with Gasteiger partial charge in [0, 0.05) is 18.1 Å². The van der Waals surface area contributed by atoms with Gasteiger partial charge >= 0.3 is 5.69 Å². The fourth-order valence-electron chi connectivity index (χ4n) is 2.59. The monoisotopic (exact) mass is 382 g/mol. The summed E-state index contributed by atoms with van der Waals surface area (Å²) in [6.45, 7) is 3.89. The summed E-state index contributed by atoms with van der Waals surface area (Å²) in [4.78, 5) is 40.3. The summed E-state index contributed by atoms with van der Waals surface area (Å²) in [6.07, 6.45) is 1.48. The Morgan fingerprint density at radius 1 is 1.35 bits per heavy atom. The van der Waals surface area contributed by atoms with Crippen molar-refractivity contribution in [1.29, 1.82) is 0 Å². The third kappa shape index (κ3) is 3.80. The van der Waals surface area contributed by atoms with Crippen molar-refractivity contribution >= 4 is 29.0 Å². The standard InChI is InChI=1S/C17H20ClFN4O3/c1-3-5-8-23-14(20)13(15(24)21-17(23)26)22(4-2)16(25)11-9-10(18)6-7-12(11)19/h6-7,9H,3-5,8,20H2,1-2H3,(H,21,24,26). The molecule has 0 aliphatic heterocycles. The van der Waals surface area contributed by atoms with E-state index in [1.165, 1.54) is 16.7 Å². The van der Waals surface area contributed by atoms with E-state index in [9.17, 15) is 18.8 Å². The third-order valence-corrected chi connectivity index (χ3v) is 4.17. The van der Waals surface area contributed by atoms with Crippen molar-refractivity contribution in [3.05, 3.63) is 55.4 Å². The first-order chi connectivity index (χ1) is 12.3. The van der Waals surface area contributed by atoms with Gasteiger partial charge in [-0.3, -0.25) is 19.1 Å². The summed E-state index contributed by atoms with van der Waals surface area (Å²) in [5.74, 6) is -1.68. The highest BCUT2D eigenvalue weighted by molar-refractivity contribution is 6.31. The van der Waals surface area contributed by atoms with Gasteiger partial charge in [0.05, 0.1) is 5.56 Å². The third-order valence-electron chi connectivity index (χ3n) is 3.94. The van der Waals surface area contributed by atoms with E-state index >= 15 is 0 Å². The minimum atomic E-state index is -0.808. The van der Waals surface area contributed by atoms with Crippen LogP contribution in [0.15, 0.2) is 27.8 Å². The SMILES string of the molecule is CCCCn1c(N)c(N(CC)C(=O)c2cc(Cl)ccc2F)c(=O)[nH]c1=O. The molecule has 0 spiro atoms. The molecule has 7 nitrogen and oxygen atoms in total. The van der Waals surface area contributed by atoms with Gasteiger partial charge in [0.1, 0.15) is 11.6 Å². The van der Waals surface area contributed by atoms with Gasteiger partial charge in [0.25, 0.3) is 11.5 Å². The van der Waals surface area contributed by atoms with Gasteiger partial charge in [-0.15, -0.1) is 0 Å². The molecule has 9 heteroatoms. The average Bonchev–Trinajstić information content (AvgIpc) is 2.59. The fraction of sp³-hybridized carbons (Fsp3) is 0.353. The van der Waals surface area contributed by atoms with Crippen LogP contribution in [0.5, 0.6) is 0 Å². The molecule has 0 saturated carbocycles. The zero-order chi connectivity index (χ0) is 19.4. The maximum absolute atomic E-state index is 14.1. The number of hydrogen-bond donors (Lipinski definition) is 2.